The summed E-state index contributed by atoms with van der Waals surface area (Å²) in [6, 6.07) is -1.02. The smallest absolute Gasteiger partial charge is 0.308 e. The monoisotopic (exact) mass is 878 g/mol. The number of esters is 1. The van der Waals surface area contributed by atoms with Gasteiger partial charge in [-0.25, -0.2) is 0 Å². The van der Waals surface area contributed by atoms with Crippen LogP contribution >= 0.6 is 0 Å². The molecule has 0 aromatic heterocycles. The number of carbonyl (C=O) groups is 1. The highest BCUT2D eigenvalue weighted by Gasteiger charge is 2.47. The van der Waals surface area contributed by atoms with Gasteiger partial charge in [-0.1, -0.05) is 106 Å². The number of rotatable bonds is 2. The van der Waals surface area contributed by atoms with Crippen molar-refractivity contribution >= 4 is 5.97 Å². The molecule has 2 saturated heterocycles. The van der Waals surface area contributed by atoms with E-state index in [2.05, 4.69) is 0 Å². The maximum atomic E-state index is 12.6. The fraction of sp³-hybridized carbons (Fsp3) is 0.681. The molecular weight excluding hydrogens is 803 g/mol. The minimum Gasteiger partial charge on any atom is -0.462 e. The van der Waals surface area contributed by atoms with Gasteiger partial charge in [0.25, 0.3) is 0 Å². The van der Waals surface area contributed by atoms with E-state index in [9.17, 15) is 50.8 Å². The fourth-order valence-electron chi connectivity index (χ4n) is 7.83. The molecule has 2 fully saturated rings. The molecule has 0 aliphatic carbocycles. The number of fused-ring (bicyclic) bond motifs is 2. The number of cyclic esters (lactones) is 1. The topological polar surface area (TPSA) is 262 Å². The Balaban J connectivity index is 1.78. The van der Waals surface area contributed by atoms with Gasteiger partial charge in [-0.2, -0.15) is 0 Å². The van der Waals surface area contributed by atoms with E-state index in [1.54, 1.807) is 52.0 Å². The van der Waals surface area contributed by atoms with Gasteiger partial charge < -0.3 is 70.6 Å². The van der Waals surface area contributed by atoms with Crippen LogP contribution in [0, 0.1) is 17.8 Å². The quantitative estimate of drug-likeness (QED) is 0.179. The second-order valence-electron chi connectivity index (χ2n) is 17.4. The molecule has 3 aliphatic heterocycles. The molecule has 3 rings (SSSR count). The average molecular weight is 878 g/mol. The van der Waals surface area contributed by atoms with Crippen molar-refractivity contribution in [3.8, 4) is 0 Å². The maximum Gasteiger partial charge on any atom is 0.308 e. The van der Waals surface area contributed by atoms with E-state index in [-0.39, 0.29) is 57.3 Å². The first kappa shape index (κ1) is 53.5. The fourth-order valence-corrected chi connectivity index (χ4v) is 7.83. The molecule has 0 saturated carbocycles. The molecule has 15 heteroatoms. The lowest BCUT2D eigenvalue weighted by Crippen LogP contribution is -2.61. The molecule has 352 valence electrons. The predicted octanol–water partition coefficient (Wildman–Crippen LogP) is 2.68. The molecular formula is C47H75NO14. The first-order chi connectivity index (χ1) is 29.3. The van der Waals surface area contributed by atoms with E-state index in [0.29, 0.717) is 6.42 Å². The van der Waals surface area contributed by atoms with Crippen molar-refractivity contribution in [1.29, 1.82) is 0 Å². The molecule has 6 unspecified atom stereocenters. The van der Waals surface area contributed by atoms with Crippen LogP contribution in [0.4, 0.5) is 0 Å². The van der Waals surface area contributed by atoms with E-state index in [1.165, 1.54) is 0 Å². The molecule has 0 spiro atoms. The molecule has 0 amide bonds. The van der Waals surface area contributed by atoms with Crippen LogP contribution in [0.2, 0.25) is 0 Å². The Labute approximate surface area is 367 Å². The second-order valence-corrected chi connectivity index (χ2v) is 17.4. The van der Waals surface area contributed by atoms with Crippen LogP contribution < -0.4 is 5.73 Å². The summed E-state index contributed by atoms with van der Waals surface area (Å²) in [4.78, 5) is 12.6. The maximum absolute atomic E-state index is 12.6. The largest absolute Gasteiger partial charge is 0.462 e. The molecule has 0 radical (unpaired) electrons. The van der Waals surface area contributed by atoms with E-state index in [1.807, 2.05) is 67.7 Å². The molecule has 2 bridgehead atoms. The van der Waals surface area contributed by atoms with Gasteiger partial charge in [-0.3, -0.25) is 4.79 Å². The Morgan fingerprint density at radius 3 is 1.79 bits per heavy atom. The number of hydrogen-bond donors (Lipinski definition) is 10. The van der Waals surface area contributed by atoms with Crippen molar-refractivity contribution in [2.45, 2.75) is 184 Å². The lowest BCUT2D eigenvalue weighted by atomic mass is 9.84. The molecule has 0 aromatic rings. The lowest BCUT2D eigenvalue weighted by Gasteiger charge is -2.45. The van der Waals surface area contributed by atoms with Crippen LogP contribution in [-0.4, -0.2) is 143 Å². The number of hydrogen-bond acceptors (Lipinski definition) is 15. The SMILES string of the molecule is CC1OC(O[C@H]2/C=C/C=C/C=C/C=C/C=C/C=C/C=C/[C@H](C)[C@@H](O)[C@@H](C)[C@H](C)OC(=O)C[C@H](O)C[C@H](O)C[C@H](O)CCC[C@H](O)C[C@]3(O)C[C@H](O)[C@@H](C)C(C2)O3)C(O)C(N)C1O. The number of aliphatic hydroxyl groups excluding tert-OH is 8. The standard InChI is InChI=1S/C47H75NO14/c1-29-19-16-14-12-10-8-6-7-9-11-13-15-17-22-38(61-46-45(57)42(48)44(56)33(5)60-46)26-40-31(3)39(53)28-47(58,62-40)27-35(50)21-18-20-34(49)23-36(51)24-37(52)25-41(54)59-32(4)30(2)43(29)55/h6-17,19,22,29-40,42-46,49-53,55-58H,18,20-21,23-28,48H2,1-5H3/b7-6+,10-8+,11-9+,14-12+,15-13+,19-16+,22-17+/t29-,30-,31+,32-,33?,34+,35-,36+,37+,38-,39-,40?,42?,43+,44?,45?,46?,47+/m0/s1. The Hall–Kier alpha value is -2.87. The van der Waals surface area contributed by atoms with E-state index in [4.69, 9.17) is 24.7 Å². The van der Waals surface area contributed by atoms with Gasteiger partial charge >= 0.3 is 5.97 Å². The normalized spacial score (nSPS) is 46.0. The van der Waals surface area contributed by atoms with Gasteiger partial charge in [-0.15, -0.1) is 0 Å². The highest BCUT2D eigenvalue weighted by Crippen LogP contribution is 2.37. The molecule has 18 atom stereocenters. The van der Waals surface area contributed by atoms with Crippen molar-refractivity contribution in [1.82, 2.24) is 0 Å². The molecule has 3 heterocycles. The summed E-state index contributed by atoms with van der Waals surface area (Å²) in [5, 5.41) is 97.2. The van der Waals surface area contributed by atoms with Crippen molar-refractivity contribution in [2.24, 2.45) is 23.5 Å². The van der Waals surface area contributed by atoms with Gasteiger partial charge in [-0.05, 0) is 46.0 Å². The number of ether oxygens (including phenoxy) is 4. The summed E-state index contributed by atoms with van der Waals surface area (Å²) < 4.78 is 23.7. The summed E-state index contributed by atoms with van der Waals surface area (Å²) in [5.74, 6) is -3.69. The Morgan fingerprint density at radius 1 is 0.629 bits per heavy atom. The van der Waals surface area contributed by atoms with E-state index >= 15 is 0 Å². The minimum atomic E-state index is -1.90. The van der Waals surface area contributed by atoms with Gasteiger partial charge in [0.2, 0.25) is 0 Å². The third-order valence-corrected chi connectivity index (χ3v) is 12.0. The summed E-state index contributed by atoms with van der Waals surface area (Å²) in [5.41, 5.74) is 6.06. The lowest BCUT2D eigenvalue weighted by molar-refractivity contribution is -0.308. The first-order valence-electron chi connectivity index (χ1n) is 22.1. The van der Waals surface area contributed by atoms with Crippen LogP contribution in [0.1, 0.15) is 92.4 Å². The Morgan fingerprint density at radius 2 is 1.18 bits per heavy atom. The predicted molar refractivity (Wildman–Crippen MR) is 234 cm³/mol. The summed E-state index contributed by atoms with van der Waals surface area (Å²) in [7, 11) is 0. The van der Waals surface area contributed by atoms with E-state index < -0.39 is 109 Å². The van der Waals surface area contributed by atoms with Crippen LogP contribution in [0.3, 0.4) is 0 Å². The molecule has 62 heavy (non-hydrogen) atoms. The zero-order valence-electron chi connectivity index (χ0n) is 36.9. The van der Waals surface area contributed by atoms with E-state index in [0.717, 1.165) is 0 Å². The highest BCUT2D eigenvalue weighted by atomic mass is 16.7. The zero-order valence-corrected chi connectivity index (χ0v) is 36.9. The van der Waals surface area contributed by atoms with Gasteiger partial charge in [0, 0.05) is 37.0 Å². The van der Waals surface area contributed by atoms with Crippen molar-refractivity contribution in [2.75, 3.05) is 0 Å². The van der Waals surface area contributed by atoms with Gasteiger partial charge in [0.15, 0.2) is 12.1 Å². The van der Waals surface area contributed by atoms with Crippen molar-refractivity contribution in [3.05, 3.63) is 85.1 Å². The summed E-state index contributed by atoms with van der Waals surface area (Å²) in [6.07, 6.45) is 12.5. The van der Waals surface area contributed by atoms with Crippen LogP contribution in [0.25, 0.3) is 0 Å². The van der Waals surface area contributed by atoms with Crippen molar-refractivity contribution in [3.63, 3.8) is 0 Å². The number of carbonyl (C=O) groups excluding carboxylic acids is 1. The van der Waals surface area contributed by atoms with Crippen LogP contribution in [0.15, 0.2) is 85.1 Å². The average Bonchev–Trinajstić information content (AvgIpc) is 3.19. The molecule has 3 aliphatic rings. The summed E-state index contributed by atoms with van der Waals surface area (Å²) in [6.45, 7) is 8.71. The number of aliphatic hydroxyl groups is 9. The Kier molecular flexibility index (Phi) is 23.1. The highest BCUT2D eigenvalue weighted by molar-refractivity contribution is 5.70. The Bertz CT molecular complexity index is 1530. The summed E-state index contributed by atoms with van der Waals surface area (Å²) >= 11 is 0. The van der Waals surface area contributed by atoms with Crippen molar-refractivity contribution < 1.29 is 69.7 Å². The second kappa shape index (κ2) is 26.8. The number of allylic oxidation sites excluding steroid dienone is 12. The first-order valence-corrected chi connectivity index (χ1v) is 22.1. The molecule has 15 nitrogen and oxygen atoms in total. The molecule has 11 N–H and O–H groups in total. The van der Waals surface area contributed by atoms with Crippen LogP contribution in [-0.2, 0) is 23.7 Å². The van der Waals surface area contributed by atoms with Gasteiger partial charge in [0.1, 0.15) is 12.2 Å². The zero-order chi connectivity index (χ0) is 46.0. The van der Waals surface area contributed by atoms with Gasteiger partial charge in [0.05, 0.1) is 73.5 Å². The number of nitrogens with two attached hydrogens (primary N) is 1. The minimum absolute atomic E-state index is 0.0763. The van der Waals surface area contributed by atoms with Crippen LogP contribution in [0.5, 0.6) is 0 Å². The third kappa shape index (κ3) is 18.3. The third-order valence-electron chi connectivity index (χ3n) is 12.0. The molecule has 0 aromatic carbocycles.